The van der Waals surface area contributed by atoms with E-state index in [2.05, 4.69) is 39.0 Å². The van der Waals surface area contributed by atoms with Crippen molar-refractivity contribution >= 4 is 5.97 Å². The Hall–Kier alpha value is -2.09. The number of hydrogen-bond donors (Lipinski definition) is 0. The summed E-state index contributed by atoms with van der Waals surface area (Å²) in [6.07, 6.45) is 0.730. The second-order valence-corrected chi connectivity index (χ2v) is 6.47. The largest absolute Gasteiger partial charge is 0.425 e. The molecule has 0 bridgehead atoms. The summed E-state index contributed by atoms with van der Waals surface area (Å²) < 4.78 is 5.74. The van der Waals surface area contributed by atoms with Crippen LogP contribution in [-0.2, 0) is 11.2 Å². The summed E-state index contributed by atoms with van der Waals surface area (Å²) in [5, 5.41) is 0. The Morgan fingerprint density at radius 1 is 1.05 bits per heavy atom. The number of esters is 1. The minimum absolute atomic E-state index is 0.134. The summed E-state index contributed by atoms with van der Waals surface area (Å²) in [5.74, 6) is 0.864. The quantitative estimate of drug-likeness (QED) is 0.594. The molecule has 1 unspecified atom stereocenters. The van der Waals surface area contributed by atoms with Gasteiger partial charge in [-0.15, -0.1) is 0 Å². The summed E-state index contributed by atoms with van der Waals surface area (Å²) in [6, 6.07) is 12.3. The van der Waals surface area contributed by atoms with Gasteiger partial charge in [0, 0.05) is 0 Å². The van der Waals surface area contributed by atoms with E-state index in [4.69, 9.17) is 4.74 Å². The normalized spacial score (nSPS) is 17.3. The number of benzene rings is 2. The number of fused-ring (bicyclic) bond motifs is 1. The van der Waals surface area contributed by atoms with Crippen molar-refractivity contribution in [2.24, 2.45) is 0 Å². The van der Waals surface area contributed by atoms with E-state index in [1.54, 1.807) is 0 Å². The van der Waals surface area contributed by atoms with Crippen molar-refractivity contribution in [3.05, 3.63) is 64.2 Å². The standard InChI is InChI=1S/C20H22O2/c1-12(2)15-10-9-14(4)19-17(15)11-18(20(21)22-19)16-8-6-5-7-13(16)3/h5-10,12,18H,11H2,1-4H3. The molecule has 2 aromatic carbocycles. The number of hydrogen-bond acceptors (Lipinski definition) is 2. The predicted octanol–water partition coefficient (Wildman–Crippen LogP) is 4.67. The highest BCUT2D eigenvalue weighted by molar-refractivity contribution is 5.84. The first-order valence-corrected chi connectivity index (χ1v) is 7.88. The van der Waals surface area contributed by atoms with E-state index in [-0.39, 0.29) is 11.9 Å². The molecular weight excluding hydrogens is 272 g/mol. The zero-order valence-electron chi connectivity index (χ0n) is 13.6. The molecular formula is C20H22O2. The minimum Gasteiger partial charge on any atom is -0.425 e. The third kappa shape index (κ3) is 2.43. The van der Waals surface area contributed by atoms with Gasteiger partial charge < -0.3 is 4.74 Å². The first-order valence-electron chi connectivity index (χ1n) is 7.88. The molecule has 3 rings (SSSR count). The summed E-state index contributed by atoms with van der Waals surface area (Å²) in [6.45, 7) is 8.43. The van der Waals surface area contributed by atoms with Crippen LogP contribution in [-0.4, -0.2) is 5.97 Å². The molecule has 0 N–H and O–H groups in total. The van der Waals surface area contributed by atoms with Crippen LogP contribution < -0.4 is 4.74 Å². The molecule has 0 amide bonds. The Kier molecular flexibility index (Phi) is 3.78. The maximum atomic E-state index is 12.5. The predicted molar refractivity (Wildman–Crippen MR) is 88.5 cm³/mol. The van der Waals surface area contributed by atoms with Crippen LogP contribution in [0, 0.1) is 13.8 Å². The Morgan fingerprint density at radius 2 is 1.77 bits per heavy atom. The average Bonchev–Trinajstić information content (AvgIpc) is 2.48. The lowest BCUT2D eigenvalue weighted by Gasteiger charge is -2.28. The lowest BCUT2D eigenvalue weighted by atomic mass is 9.83. The van der Waals surface area contributed by atoms with E-state index in [1.165, 1.54) is 11.1 Å². The third-order valence-electron chi connectivity index (χ3n) is 4.57. The molecule has 1 heterocycles. The number of carbonyl (C=O) groups is 1. The van der Waals surface area contributed by atoms with Gasteiger partial charge in [-0.25, -0.2) is 0 Å². The van der Waals surface area contributed by atoms with Crippen LogP contribution in [0.4, 0.5) is 0 Å². The maximum Gasteiger partial charge on any atom is 0.319 e. The van der Waals surface area contributed by atoms with Gasteiger partial charge in [-0.1, -0.05) is 50.2 Å². The molecule has 0 spiro atoms. The molecule has 1 aliphatic heterocycles. The van der Waals surface area contributed by atoms with Crippen molar-refractivity contribution in [1.82, 2.24) is 0 Å². The van der Waals surface area contributed by atoms with E-state index >= 15 is 0 Å². The smallest absolute Gasteiger partial charge is 0.319 e. The second-order valence-electron chi connectivity index (χ2n) is 6.47. The lowest BCUT2D eigenvalue weighted by molar-refractivity contribution is -0.137. The van der Waals surface area contributed by atoms with Gasteiger partial charge in [-0.3, -0.25) is 4.79 Å². The van der Waals surface area contributed by atoms with E-state index in [1.807, 2.05) is 25.1 Å². The molecule has 22 heavy (non-hydrogen) atoms. The highest BCUT2D eigenvalue weighted by Gasteiger charge is 2.33. The summed E-state index contributed by atoms with van der Waals surface area (Å²) in [7, 11) is 0. The van der Waals surface area contributed by atoms with Crippen molar-refractivity contribution < 1.29 is 9.53 Å². The SMILES string of the molecule is Cc1ccccc1C1Cc2c(C(C)C)ccc(C)c2OC1=O. The van der Waals surface area contributed by atoms with Crippen LogP contribution in [0.25, 0.3) is 0 Å². The molecule has 0 aliphatic carbocycles. The van der Waals surface area contributed by atoms with Crippen LogP contribution in [0.5, 0.6) is 5.75 Å². The fourth-order valence-electron chi connectivity index (χ4n) is 3.33. The van der Waals surface area contributed by atoms with Crippen LogP contribution in [0.3, 0.4) is 0 Å². The molecule has 1 aliphatic rings. The van der Waals surface area contributed by atoms with E-state index in [0.717, 1.165) is 28.9 Å². The fourth-order valence-corrected chi connectivity index (χ4v) is 3.33. The minimum atomic E-state index is -0.201. The third-order valence-corrected chi connectivity index (χ3v) is 4.57. The molecule has 2 nitrogen and oxygen atoms in total. The second kappa shape index (κ2) is 5.60. The molecule has 0 saturated carbocycles. The van der Waals surface area contributed by atoms with Crippen LogP contribution in [0.1, 0.15) is 53.5 Å². The van der Waals surface area contributed by atoms with Crippen LogP contribution in [0.15, 0.2) is 36.4 Å². The number of rotatable bonds is 2. The van der Waals surface area contributed by atoms with Gasteiger partial charge in [0.25, 0.3) is 0 Å². The summed E-state index contributed by atoms with van der Waals surface area (Å²) in [4.78, 5) is 12.5. The monoisotopic (exact) mass is 294 g/mol. The zero-order chi connectivity index (χ0) is 15.9. The van der Waals surface area contributed by atoms with Crippen molar-refractivity contribution in [3.8, 4) is 5.75 Å². The molecule has 0 radical (unpaired) electrons. The molecule has 0 aromatic heterocycles. The number of ether oxygens (including phenoxy) is 1. The van der Waals surface area contributed by atoms with Gasteiger partial charge >= 0.3 is 5.97 Å². The molecule has 2 heteroatoms. The Labute approximate surface area is 132 Å². The highest BCUT2D eigenvalue weighted by atomic mass is 16.5. The van der Waals surface area contributed by atoms with Gasteiger partial charge in [0.15, 0.2) is 0 Å². The van der Waals surface area contributed by atoms with Gasteiger partial charge in [0.1, 0.15) is 5.75 Å². The summed E-state index contributed by atoms with van der Waals surface area (Å²) in [5.41, 5.74) is 5.74. The Bertz CT molecular complexity index is 728. The Balaban J connectivity index is 2.10. The van der Waals surface area contributed by atoms with Gasteiger partial charge in [0.2, 0.25) is 0 Å². The molecule has 114 valence electrons. The van der Waals surface area contributed by atoms with Gasteiger partial charge in [-0.05, 0) is 54.0 Å². The molecule has 1 atom stereocenters. The van der Waals surface area contributed by atoms with E-state index in [9.17, 15) is 4.79 Å². The first-order chi connectivity index (χ1) is 10.5. The van der Waals surface area contributed by atoms with Crippen LogP contribution in [0.2, 0.25) is 0 Å². The molecule has 0 fully saturated rings. The lowest BCUT2D eigenvalue weighted by Crippen LogP contribution is -2.28. The van der Waals surface area contributed by atoms with Crippen molar-refractivity contribution in [2.75, 3.05) is 0 Å². The van der Waals surface area contributed by atoms with Crippen LogP contribution >= 0.6 is 0 Å². The zero-order valence-corrected chi connectivity index (χ0v) is 13.6. The van der Waals surface area contributed by atoms with Crippen molar-refractivity contribution in [2.45, 2.75) is 46.0 Å². The number of aryl methyl sites for hydroxylation is 2. The van der Waals surface area contributed by atoms with Crippen molar-refractivity contribution in [1.29, 1.82) is 0 Å². The van der Waals surface area contributed by atoms with E-state index < -0.39 is 0 Å². The average molecular weight is 294 g/mol. The summed E-state index contributed by atoms with van der Waals surface area (Å²) >= 11 is 0. The van der Waals surface area contributed by atoms with Crippen molar-refractivity contribution in [3.63, 3.8) is 0 Å². The van der Waals surface area contributed by atoms with E-state index in [0.29, 0.717) is 5.92 Å². The molecule has 2 aromatic rings. The first kappa shape index (κ1) is 14.8. The highest BCUT2D eigenvalue weighted by Crippen LogP contribution is 2.40. The topological polar surface area (TPSA) is 26.3 Å². The van der Waals surface area contributed by atoms with Gasteiger partial charge in [0.05, 0.1) is 5.92 Å². The fraction of sp³-hybridized carbons (Fsp3) is 0.350. The van der Waals surface area contributed by atoms with Gasteiger partial charge in [-0.2, -0.15) is 0 Å². The molecule has 0 saturated heterocycles. The number of carbonyl (C=O) groups excluding carboxylic acids is 1. The Morgan fingerprint density at radius 3 is 2.45 bits per heavy atom. The maximum absolute atomic E-state index is 12.5.